The van der Waals surface area contributed by atoms with E-state index in [4.69, 9.17) is 9.47 Å². The Kier molecular flexibility index (Phi) is 7.69. The van der Waals surface area contributed by atoms with Crippen LogP contribution in [0.5, 0.6) is 11.5 Å². The maximum Gasteiger partial charge on any atom is 0.261 e. The minimum atomic E-state index is -3.73. The number of benzene rings is 2. The van der Waals surface area contributed by atoms with Crippen LogP contribution >= 0.6 is 0 Å². The van der Waals surface area contributed by atoms with Gasteiger partial charge in [0.2, 0.25) is 0 Å². The Balaban J connectivity index is 1.96. The number of hydrogen-bond donors (Lipinski definition) is 2. The van der Waals surface area contributed by atoms with Crippen molar-refractivity contribution in [2.45, 2.75) is 38.1 Å². The molecule has 0 aliphatic carbocycles. The summed E-state index contributed by atoms with van der Waals surface area (Å²) in [5.74, 6) is 0.867. The normalized spacial score (nSPS) is 12.1. The maximum atomic E-state index is 12.5. The van der Waals surface area contributed by atoms with E-state index in [-0.39, 0.29) is 23.5 Å². The number of sulfonamides is 1. The summed E-state index contributed by atoms with van der Waals surface area (Å²) in [6.45, 7) is 6.18. The largest absolute Gasteiger partial charge is 0.494 e. The fourth-order valence-electron chi connectivity index (χ4n) is 2.28. The van der Waals surface area contributed by atoms with Gasteiger partial charge in [0.15, 0.2) is 6.61 Å². The first-order valence-electron chi connectivity index (χ1n) is 9.12. The van der Waals surface area contributed by atoms with Crippen LogP contribution in [-0.2, 0) is 14.8 Å². The van der Waals surface area contributed by atoms with Crippen LogP contribution in [0.3, 0.4) is 0 Å². The maximum absolute atomic E-state index is 12.5. The molecular formula is C20H26N2O5S. The molecule has 2 rings (SSSR count). The second-order valence-corrected chi connectivity index (χ2v) is 7.88. The van der Waals surface area contributed by atoms with Gasteiger partial charge in [0.05, 0.1) is 11.5 Å². The van der Waals surface area contributed by atoms with Crippen molar-refractivity contribution in [3.8, 4) is 11.5 Å². The molecule has 0 aliphatic rings. The number of anilines is 1. The quantitative estimate of drug-likeness (QED) is 0.632. The van der Waals surface area contributed by atoms with E-state index in [2.05, 4.69) is 10.0 Å². The van der Waals surface area contributed by atoms with E-state index in [0.717, 1.165) is 6.42 Å². The van der Waals surface area contributed by atoms with E-state index < -0.39 is 10.0 Å². The highest BCUT2D eigenvalue weighted by Crippen LogP contribution is 2.21. The Morgan fingerprint density at radius 2 is 1.54 bits per heavy atom. The zero-order valence-electron chi connectivity index (χ0n) is 16.3. The molecule has 28 heavy (non-hydrogen) atoms. The number of rotatable bonds is 10. The molecule has 1 atom stereocenters. The molecule has 1 amide bonds. The Morgan fingerprint density at radius 3 is 2.11 bits per heavy atom. The molecule has 0 radical (unpaired) electrons. The van der Waals surface area contributed by atoms with E-state index in [1.165, 1.54) is 24.3 Å². The lowest BCUT2D eigenvalue weighted by molar-refractivity contribution is -0.123. The van der Waals surface area contributed by atoms with Crippen LogP contribution in [-0.4, -0.2) is 33.6 Å². The monoisotopic (exact) mass is 406 g/mol. The van der Waals surface area contributed by atoms with Crippen LogP contribution in [0.4, 0.5) is 5.69 Å². The summed E-state index contributed by atoms with van der Waals surface area (Å²) in [7, 11) is -3.73. The number of nitrogens with one attached hydrogen (secondary N) is 2. The van der Waals surface area contributed by atoms with E-state index in [1.807, 2.05) is 20.8 Å². The highest BCUT2D eigenvalue weighted by molar-refractivity contribution is 7.92. The molecule has 0 spiro atoms. The van der Waals surface area contributed by atoms with Gasteiger partial charge in [0, 0.05) is 11.7 Å². The molecule has 0 aromatic heterocycles. The Labute approximate surface area is 166 Å². The van der Waals surface area contributed by atoms with Gasteiger partial charge in [-0.3, -0.25) is 9.52 Å². The zero-order chi connectivity index (χ0) is 20.6. The highest BCUT2D eigenvalue weighted by Gasteiger charge is 2.14. The van der Waals surface area contributed by atoms with Gasteiger partial charge in [-0.15, -0.1) is 0 Å². The first-order valence-corrected chi connectivity index (χ1v) is 10.6. The number of carbonyl (C=O) groups excluding carboxylic acids is 1. The average Bonchev–Trinajstić information content (AvgIpc) is 2.68. The molecule has 0 heterocycles. The molecule has 7 nitrogen and oxygen atoms in total. The number of hydrogen-bond acceptors (Lipinski definition) is 5. The van der Waals surface area contributed by atoms with E-state index in [0.29, 0.717) is 23.8 Å². The Hall–Kier alpha value is -2.74. The third-order valence-corrected chi connectivity index (χ3v) is 5.34. The fraction of sp³-hybridized carbons (Fsp3) is 0.350. The minimum Gasteiger partial charge on any atom is -0.494 e. The first kappa shape index (κ1) is 21.6. The molecule has 8 heteroatoms. The van der Waals surface area contributed by atoms with Crippen molar-refractivity contribution >= 4 is 21.6 Å². The topological polar surface area (TPSA) is 93.7 Å². The third kappa shape index (κ3) is 6.45. The van der Waals surface area contributed by atoms with Gasteiger partial charge in [0.1, 0.15) is 11.5 Å². The SMILES string of the molecule is CCOc1ccc(NS(=O)(=O)c2ccc(OCC(=O)N[C@@H](C)CC)cc2)cc1. The second kappa shape index (κ2) is 9.98. The van der Waals surface area contributed by atoms with Crippen molar-refractivity contribution in [2.24, 2.45) is 0 Å². The van der Waals surface area contributed by atoms with Crippen LogP contribution in [0.25, 0.3) is 0 Å². The number of ether oxygens (including phenoxy) is 2. The van der Waals surface area contributed by atoms with Crippen molar-refractivity contribution in [3.05, 3.63) is 48.5 Å². The van der Waals surface area contributed by atoms with Crippen molar-refractivity contribution < 1.29 is 22.7 Å². The highest BCUT2D eigenvalue weighted by atomic mass is 32.2. The first-order chi connectivity index (χ1) is 13.3. The zero-order valence-corrected chi connectivity index (χ0v) is 17.1. The Bertz CT molecular complexity index is 864. The van der Waals surface area contributed by atoms with Crippen LogP contribution in [0.15, 0.2) is 53.4 Å². The van der Waals surface area contributed by atoms with Crippen molar-refractivity contribution in [1.82, 2.24) is 5.32 Å². The van der Waals surface area contributed by atoms with Gasteiger partial charge in [-0.2, -0.15) is 0 Å². The van der Waals surface area contributed by atoms with Crippen molar-refractivity contribution in [3.63, 3.8) is 0 Å². The van der Waals surface area contributed by atoms with Gasteiger partial charge in [-0.25, -0.2) is 8.42 Å². The lowest BCUT2D eigenvalue weighted by Gasteiger charge is -2.12. The summed E-state index contributed by atoms with van der Waals surface area (Å²) in [5.41, 5.74) is 0.436. The molecule has 152 valence electrons. The number of carbonyl (C=O) groups is 1. The molecule has 2 aromatic carbocycles. The van der Waals surface area contributed by atoms with Gasteiger partial charge < -0.3 is 14.8 Å². The summed E-state index contributed by atoms with van der Waals surface area (Å²) in [4.78, 5) is 11.8. The average molecular weight is 407 g/mol. The Morgan fingerprint density at radius 1 is 0.964 bits per heavy atom. The molecule has 0 saturated carbocycles. The number of amides is 1. The summed E-state index contributed by atoms with van der Waals surface area (Å²) in [6, 6.07) is 12.6. The fourth-order valence-corrected chi connectivity index (χ4v) is 3.34. The lowest BCUT2D eigenvalue weighted by Crippen LogP contribution is -2.35. The molecule has 0 aliphatic heterocycles. The van der Waals surface area contributed by atoms with E-state index in [1.54, 1.807) is 24.3 Å². The van der Waals surface area contributed by atoms with Crippen LogP contribution in [0.1, 0.15) is 27.2 Å². The van der Waals surface area contributed by atoms with E-state index in [9.17, 15) is 13.2 Å². The predicted molar refractivity (Wildman–Crippen MR) is 108 cm³/mol. The van der Waals surface area contributed by atoms with E-state index >= 15 is 0 Å². The standard InChI is InChI=1S/C20H26N2O5S/c1-4-15(3)21-20(23)14-27-18-10-12-19(13-11-18)28(24,25)22-16-6-8-17(9-7-16)26-5-2/h6-13,15,22H,4-5,14H2,1-3H3,(H,21,23)/t15-/m0/s1. The van der Waals surface area contributed by atoms with Crippen LogP contribution < -0.4 is 19.5 Å². The van der Waals surface area contributed by atoms with Gasteiger partial charge >= 0.3 is 0 Å². The third-order valence-electron chi connectivity index (χ3n) is 3.94. The minimum absolute atomic E-state index is 0.0808. The molecular weight excluding hydrogens is 380 g/mol. The van der Waals surface area contributed by atoms with Gasteiger partial charge in [-0.1, -0.05) is 6.92 Å². The smallest absolute Gasteiger partial charge is 0.261 e. The van der Waals surface area contributed by atoms with Crippen molar-refractivity contribution in [2.75, 3.05) is 17.9 Å². The molecule has 0 saturated heterocycles. The summed E-state index contributed by atoms with van der Waals surface area (Å²) in [5, 5.41) is 2.80. The molecule has 2 aromatic rings. The molecule has 0 bridgehead atoms. The van der Waals surface area contributed by atoms with Gasteiger partial charge in [-0.05, 0) is 68.8 Å². The summed E-state index contributed by atoms with van der Waals surface area (Å²) in [6.07, 6.45) is 0.833. The predicted octanol–water partition coefficient (Wildman–Crippen LogP) is 3.18. The van der Waals surface area contributed by atoms with Crippen molar-refractivity contribution in [1.29, 1.82) is 0 Å². The lowest BCUT2D eigenvalue weighted by atomic mass is 10.2. The van der Waals surface area contributed by atoms with Gasteiger partial charge in [0.25, 0.3) is 15.9 Å². The molecule has 0 fully saturated rings. The summed E-state index contributed by atoms with van der Waals surface area (Å²) >= 11 is 0. The molecule has 0 unspecified atom stereocenters. The summed E-state index contributed by atoms with van der Waals surface area (Å²) < 4.78 is 38.2. The van der Waals surface area contributed by atoms with Crippen LogP contribution in [0.2, 0.25) is 0 Å². The second-order valence-electron chi connectivity index (χ2n) is 6.20. The molecule has 2 N–H and O–H groups in total. The van der Waals surface area contributed by atoms with Crippen LogP contribution in [0, 0.1) is 0 Å².